The van der Waals surface area contributed by atoms with Crippen LogP contribution in [0.25, 0.3) is 10.9 Å². The maximum atomic E-state index is 11.6. The molecule has 0 saturated carbocycles. The molecule has 1 heterocycles. The fraction of sp³-hybridized carbons (Fsp3) is 0.200. The van der Waals surface area contributed by atoms with Gasteiger partial charge in [-0.15, -0.1) is 0 Å². The molecule has 0 bridgehead atoms. The summed E-state index contributed by atoms with van der Waals surface area (Å²) in [4.78, 5) is 15.9. The first-order chi connectivity index (χ1) is 10.1. The van der Waals surface area contributed by atoms with Crippen molar-refractivity contribution in [3.05, 3.63) is 47.5 Å². The number of aliphatic hydroxyl groups is 1. The predicted octanol–water partition coefficient (Wildman–Crippen LogP) is 2.07. The summed E-state index contributed by atoms with van der Waals surface area (Å²) >= 11 is 0. The lowest BCUT2D eigenvalue weighted by molar-refractivity contribution is -0.136. The SMILES string of the molecule is COC(=O)C(Cc1ccc2cccc(O)c2n1)=C(O)OC. The second-order valence-corrected chi connectivity index (χ2v) is 4.31. The normalized spacial score (nSPS) is 11.9. The number of rotatable bonds is 4. The van der Waals surface area contributed by atoms with Crippen molar-refractivity contribution >= 4 is 16.9 Å². The van der Waals surface area contributed by atoms with Gasteiger partial charge in [-0.05, 0) is 12.1 Å². The van der Waals surface area contributed by atoms with Crippen LogP contribution in [0.2, 0.25) is 0 Å². The highest BCUT2D eigenvalue weighted by molar-refractivity contribution is 5.89. The van der Waals surface area contributed by atoms with Gasteiger partial charge < -0.3 is 19.7 Å². The molecule has 1 aromatic carbocycles. The highest BCUT2D eigenvalue weighted by Crippen LogP contribution is 2.23. The van der Waals surface area contributed by atoms with E-state index >= 15 is 0 Å². The molecule has 0 radical (unpaired) electrons. The van der Waals surface area contributed by atoms with Gasteiger partial charge in [-0.3, -0.25) is 0 Å². The van der Waals surface area contributed by atoms with Gasteiger partial charge in [-0.25, -0.2) is 9.78 Å². The Kier molecular flexibility index (Phi) is 4.27. The number of carbonyl (C=O) groups is 1. The van der Waals surface area contributed by atoms with Gasteiger partial charge in [0.2, 0.25) is 0 Å². The maximum absolute atomic E-state index is 11.6. The molecule has 1 aromatic heterocycles. The number of para-hydroxylation sites is 1. The molecule has 0 spiro atoms. The van der Waals surface area contributed by atoms with Crippen LogP contribution in [0.1, 0.15) is 5.69 Å². The van der Waals surface area contributed by atoms with Crippen molar-refractivity contribution in [2.24, 2.45) is 0 Å². The van der Waals surface area contributed by atoms with Gasteiger partial charge in [-0.2, -0.15) is 0 Å². The zero-order chi connectivity index (χ0) is 15.4. The molecular weight excluding hydrogens is 274 g/mol. The lowest BCUT2D eigenvalue weighted by Crippen LogP contribution is -2.12. The number of aliphatic hydroxyl groups excluding tert-OH is 1. The van der Waals surface area contributed by atoms with Crippen LogP contribution in [0.5, 0.6) is 5.75 Å². The summed E-state index contributed by atoms with van der Waals surface area (Å²) in [6.45, 7) is 0. The maximum Gasteiger partial charge on any atom is 0.341 e. The van der Waals surface area contributed by atoms with E-state index in [1.165, 1.54) is 20.3 Å². The smallest absolute Gasteiger partial charge is 0.341 e. The molecule has 2 aromatic rings. The van der Waals surface area contributed by atoms with Gasteiger partial charge in [0, 0.05) is 17.5 Å². The van der Waals surface area contributed by atoms with Crippen LogP contribution < -0.4 is 0 Å². The third-order valence-electron chi connectivity index (χ3n) is 3.00. The van der Waals surface area contributed by atoms with Crippen LogP contribution in [0.4, 0.5) is 0 Å². The number of pyridine rings is 1. The molecule has 0 saturated heterocycles. The highest BCUT2D eigenvalue weighted by Gasteiger charge is 2.18. The van der Waals surface area contributed by atoms with Crippen molar-refractivity contribution < 1.29 is 24.5 Å². The van der Waals surface area contributed by atoms with E-state index in [1.54, 1.807) is 18.2 Å². The van der Waals surface area contributed by atoms with Crippen molar-refractivity contribution in [3.63, 3.8) is 0 Å². The number of ether oxygens (including phenoxy) is 2. The van der Waals surface area contributed by atoms with Crippen molar-refractivity contribution in [1.29, 1.82) is 0 Å². The van der Waals surface area contributed by atoms with E-state index in [1.807, 2.05) is 6.07 Å². The first-order valence-electron chi connectivity index (χ1n) is 6.19. The average Bonchev–Trinajstić information content (AvgIpc) is 2.51. The number of fused-ring (bicyclic) bond motifs is 1. The van der Waals surface area contributed by atoms with Crippen LogP contribution in [0, 0.1) is 0 Å². The van der Waals surface area contributed by atoms with Crippen molar-refractivity contribution in [3.8, 4) is 5.75 Å². The van der Waals surface area contributed by atoms with Gasteiger partial charge in [0.15, 0.2) is 0 Å². The molecule has 2 rings (SSSR count). The number of methoxy groups -OCH3 is 2. The average molecular weight is 289 g/mol. The Bertz CT molecular complexity index is 708. The topological polar surface area (TPSA) is 88.9 Å². The third kappa shape index (κ3) is 3.05. The Morgan fingerprint density at radius 1 is 1.19 bits per heavy atom. The number of hydrogen-bond acceptors (Lipinski definition) is 6. The lowest BCUT2D eigenvalue weighted by atomic mass is 10.1. The van der Waals surface area contributed by atoms with E-state index in [0.717, 1.165) is 5.39 Å². The number of aromatic hydroxyl groups is 1. The van der Waals surface area contributed by atoms with E-state index < -0.39 is 11.9 Å². The molecule has 2 N–H and O–H groups in total. The van der Waals surface area contributed by atoms with Gasteiger partial charge in [0.25, 0.3) is 5.95 Å². The summed E-state index contributed by atoms with van der Waals surface area (Å²) in [6.07, 6.45) is 0.0244. The number of benzene rings is 1. The molecule has 6 nitrogen and oxygen atoms in total. The Morgan fingerprint density at radius 2 is 1.95 bits per heavy atom. The largest absolute Gasteiger partial charge is 0.506 e. The number of esters is 1. The molecule has 0 atom stereocenters. The first-order valence-corrected chi connectivity index (χ1v) is 6.19. The van der Waals surface area contributed by atoms with E-state index in [9.17, 15) is 15.0 Å². The van der Waals surface area contributed by atoms with Crippen molar-refractivity contribution in [1.82, 2.24) is 4.98 Å². The molecular formula is C15H15NO5. The Balaban J connectivity index is 2.42. The molecule has 0 aliphatic heterocycles. The second-order valence-electron chi connectivity index (χ2n) is 4.31. The van der Waals surface area contributed by atoms with E-state index in [-0.39, 0.29) is 17.7 Å². The van der Waals surface area contributed by atoms with Gasteiger partial charge >= 0.3 is 5.97 Å². The summed E-state index contributed by atoms with van der Waals surface area (Å²) in [5, 5.41) is 20.2. The first kappa shape index (κ1) is 14.6. The Morgan fingerprint density at radius 3 is 2.62 bits per heavy atom. The molecule has 0 unspecified atom stereocenters. The van der Waals surface area contributed by atoms with Crippen LogP contribution in [-0.2, 0) is 20.7 Å². The van der Waals surface area contributed by atoms with Gasteiger partial charge in [0.05, 0.1) is 14.2 Å². The summed E-state index contributed by atoms with van der Waals surface area (Å²) in [7, 11) is 2.46. The standard InChI is InChI=1S/C15H15NO5/c1-20-14(18)11(15(19)21-2)8-10-7-6-9-4-3-5-12(17)13(9)16-10/h3-7,17-18H,8H2,1-2H3. The van der Waals surface area contributed by atoms with Crippen molar-refractivity contribution in [2.45, 2.75) is 6.42 Å². The second kappa shape index (κ2) is 6.13. The minimum absolute atomic E-state index is 0.0244. The monoisotopic (exact) mass is 289 g/mol. The highest BCUT2D eigenvalue weighted by atomic mass is 16.6. The number of carbonyl (C=O) groups excluding carboxylic acids is 1. The minimum atomic E-state index is -0.700. The van der Waals surface area contributed by atoms with Crippen LogP contribution in [0.3, 0.4) is 0 Å². The summed E-state index contributed by atoms with van der Waals surface area (Å²) < 4.78 is 9.28. The zero-order valence-corrected chi connectivity index (χ0v) is 11.7. The summed E-state index contributed by atoms with van der Waals surface area (Å²) in [5.74, 6) is -1.16. The summed E-state index contributed by atoms with van der Waals surface area (Å²) in [5.41, 5.74) is 0.881. The predicted molar refractivity (Wildman–Crippen MR) is 75.8 cm³/mol. The lowest BCUT2D eigenvalue weighted by Gasteiger charge is -2.08. The molecule has 0 fully saturated rings. The van der Waals surface area contributed by atoms with Crippen LogP contribution in [-0.4, -0.2) is 35.4 Å². The van der Waals surface area contributed by atoms with Crippen LogP contribution in [0.15, 0.2) is 41.9 Å². The number of phenolic OH excluding ortho intramolecular Hbond substituents is 1. The molecule has 110 valence electrons. The molecule has 6 heteroatoms. The van der Waals surface area contributed by atoms with E-state index in [2.05, 4.69) is 14.5 Å². The van der Waals surface area contributed by atoms with Gasteiger partial charge in [-0.1, -0.05) is 18.2 Å². The summed E-state index contributed by atoms with van der Waals surface area (Å²) in [6, 6.07) is 8.54. The van der Waals surface area contributed by atoms with E-state index in [0.29, 0.717) is 11.2 Å². The number of phenols is 1. The molecule has 0 aliphatic rings. The Labute approximate surface area is 121 Å². The fourth-order valence-electron chi connectivity index (χ4n) is 1.93. The molecule has 21 heavy (non-hydrogen) atoms. The van der Waals surface area contributed by atoms with Crippen LogP contribution >= 0.6 is 0 Å². The molecule has 0 amide bonds. The quantitative estimate of drug-likeness (QED) is 0.509. The number of aromatic nitrogens is 1. The van der Waals surface area contributed by atoms with Gasteiger partial charge in [0.1, 0.15) is 16.8 Å². The number of hydrogen-bond donors (Lipinski definition) is 2. The Hall–Kier alpha value is -2.76. The number of nitrogens with zero attached hydrogens (tertiary/aromatic N) is 1. The zero-order valence-electron chi connectivity index (χ0n) is 11.7. The minimum Gasteiger partial charge on any atom is -0.506 e. The molecule has 0 aliphatic carbocycles. The fourth-order valence-corrected chi connectivity index (χ4v) is 1.93. The van der Waals surface area contributed by atoms with E-state index in [4.69, 9.17) is 0 Å². The van der Waals surface area contributed by atoms with Crippen molar-refractivity contribution in [2.75, 3.05) is 14.2 Å². The third-order valence-corrected chi connectivity index (χ3v) is 3.00.